The normalized spacial score (nSPS) is 21.3. The number of hydrogen-bond acceptors (Lipinski definition) is 5. The number of alkyl halides is 1. The molecular weight excluding hydrogens is 298 g/mol. The molecule has 0 aliphatic carbocycles. The van der Waals surface area contributed by atoms with Crippen LogP contribution in [0.2, 0.25) is 0 Å². The zero-order chi connectivity index (χ0) is 10.8. The minimum absolute atomic E-state index is 0.156. The number of rotatable bonds is 3. The van der Waals surface area contributed by atoms with Gasteiger partial charge in [0.15, 0.2) is 0 Å². The zero-order valence-electron chi connectivity index (χ0n) is 8.14. The summed E-state index contributed by atoms with van der Waals surface area (Å²) < 4.78 is 4.15. The van der Waals surface area contributed by atoms with Crippen LogP contribution in [-0.2, 0) is 4.79 Å². The second-order valence-corrected chi connectivity index (χ2v) is 5.44. The van der Waals surface area contributed by atoms with E-state index < -0.39 is 0 Å². The van der Waals surface area contributed by atoms with E-state index in [0.29, 0.717) is 12.3 Å². The molecule has 0 bridgehead atoms. The second-order valence-electron chi connectivity index (χ2n) is 3.29. The molecule has 82 valence electrons. The Morgan fingerprint density at radius 1 is 1.73 bits per heavy atom. The average Bonchev–Trinajstić information content (AvgIpc) is 2.83. The van der Waals surface area contributed by atoms with Gasteiger partial charge in [0.1, 0.15) is 0 Å². The summed E-state index contributed by atoms with van der Waals surface area (Å²) in [6.07, 6.45) is 2.54. The number of thioether (sulfide) groups is 1. The Kier molecular flexibility index (Phi) is 3.63. The first kappa shape index (κ1) is 11.3. The van der Waals surface area contributed by atoms with Crippen molar-refractivity contribution in [2.24, 2.45) is 5.92 Å². The van der Waals surface area contributed by atoms with Gasteiger partial charge in [0.05, 0.1) is 0 Å². The quantitative estimate of drug-likeness (QED) is 0.633. The van der Waals surface area contributed by atoms with E-state index in [-0.39, 0.29) is 5.91 Å². The molecule has 1 unspecified atom stereocenters. The number of halogens is 1. The summed E-state index contributed by atoms with van der Waals surface area (Å²) in [5.41, 5.74) is 0. The van der Waals surface area contributed by atoms with E-state index in [1.54, 1.807) is 4.90 Å². The first-order valence-electron chi connectivity index (χ1n) is 4.48. The fourth-order valence-electron chi connectivity index (χ4n) is 1.46. The minimum atomic E-state index is 0.156. The van der Waals surface area contributed by atoms with Gasteiger partial charge in [0.2, 0.25) is 16.2 Å². The van der Waals surface area contributed by atoms with Gasteiger partial charge in [-0.2, -0.15) is 9.36 Å². The molecule has 0 saturated carbocycles. The van der Waals surface area contributed by atoms with Crippen LogP contribution >= 0.6 is 39.2 Å². The molecule has 1 saturated heterocycles. The number of aromatic nitrogens is 2. The van der Waals surface area contributed by atoms with Gasteiger partial charge in [-0.05, 0) is 12.2 Å². The molecule has 0 radical (unpaired) electrons. The predicted molar refractivity (Wildman–Crippen MR) is 65.9 cm³/mol. The summed E-state index contributed by atoms with van der Waals surface area (Å²) in [5.74, 6) is 0.558. The first-order chi connectivity index (χ1) is 7.24. The smallest absolute Gasteiger partial charge is 0.229 e. The third-order valence-corrected chi connectivity index (χ3v) is 4.55. The standard InChI is InChI=1S/C8H10BrN3OS2/c1-14-7-10-8(15-11-7)12-4-5(3-9)2-6(12)13/h5H,2-4H2,1H3. The number of carbonyl (C=O) groups is 1. The van der Waals surface area contributed by atoms with Crippen LogP contribution in [0.3, 0.4) is 0 Å². The van der Waals surface area contributed by atoms with Crippen molar-refractivity contribution in [1.29, 1.82) is 0 Å². The van der Waals surface area contributed by atoms with Crippen molar-refractivity contribution in [1.82, 2.24) is 9.36 Å². The largest absolute Gasteiger partial charge is 0.287 e. The van der Waals surface area contributed by atoms with Crippen molar-refractivity contribution in [3.63, 3.8) is 0 Å². The monoisotopic (exact) mass is 307 g/mol. The van der Waals surface area contributed by atoms with E-state index in [4.69, 9.17) is 0 Å². The van der Waals surface area contributed by atoms with Gasteiger partial charge in [0, 0.05) is 29.8 Å². The van der Waals surface area contributed by atoms with E-state index in [9.17, 15) is 4.79 Å². The molecule has 1 aliphatic heterocycles. The summed E-state index contributed by atoms with van der Waals surface area (Å²) >= 11 is 6.20. The van der Waals surface area contributed by atoms with Gasteiger partial charge in [0.25, 0.3) is 0 Å². The zero-order valence-corrected chi connectivity index (χ0v) is 11.4. The van der Waals surface area contributed by atoms with Crippen LogP contribution < -0.4 is 4.90 Å². The molecule has 7 heteroatoms. The van der Waals surface area contributed by atoms with Crippen molar-refractivity contribution in [3.05, 3.63) is 0 Å². The summed E-state index contributed by atoms with van der Waals surface area (Å²) in [6, 6.07) is 0. The van der Waals surface area contributed by atoms with Crippen molar-refractivity contribution in [2.75, 3.05) is 23.0 Å². The topological polar surface area (TPSA) is 46.1 Å². The highest BCUT2D eigenvalue weighted by Crippen LogP contribution is 2.28. The average molecular weight is 308 g/mol. The van der Waals surface area contributed by atoms with E-state index in [1.165, 1.54) is 23.3 Å². The van der Waals surface area contributed by atoms with Crippen molar-refractivity contribution < 1.29 is 4.79 Å². The predicted octanol–water partition coefficient (Wildman–Crippen LogP) is 2.01. The summed E-state index contributed by atoms with van der Waals surface area (Å²) in [7, 11) is 0. The number of nitrogens with zero attached hydrogens (tertiary/aromatic N) is 3. The molecule has 4 nitrogen and oxygen atoms in total. The Balaban J connectivity index is 2.14. The maximum Gasteiger partial charge on any atom is 0.229 e. The molecule has 1 aromatic heterocycles. The minimum Gasteiger partial charge on any atom is -0.287 e. The molecule has 1 aliphatic rings. The van der Waals surface area contributed by atoms with E-state index in [0.717, 1.165) is 22.2 Å². The first-order valence-corrected chi connectivity index (χ1v) is 7.60. The number of anilines is 1. The molecule has 2 rings (SSSR count). The fraction of sp³-hybridized carbons (Fsp3) is 0.625. The summed E-state index contributed by atoms with van der Waals surface area (Å²) in [4.78, 5) is 17.7. The van der Waals surface area contributed by atoms with E-state index >= 15 is 0 Å². The van der Waals surface area contributed by atoms with Crippen LogP contribution in [0.4, 0.5) is 5.13 Å². The number of amides is 1. The van der Waals surface area contributed by atoms with Crippen molar-refractivity contribution in [3.8, 4) is 0 Å². The van der Waals surface area contributed by atoms with Gasteiger partial charge in [-0.3, -0.25) is 9.69 Å². The summed E-state index contributed by atoms with van der Waals surface area (Å²) in [6.45, 7) is 0.757. The molecule has 1 aromatic rings. The third-order valence-electron chi connectivity index (χ3n) is 2.23. The Labute approximate surface area is 105 Å². The van der Waals surface area contributed by atoms with Gasteiger partial charge in [-0.1, -0.05) is 27.7 Å². The molecule has 0 spiro atoms. The highest BCUT2D eigenvalue weighted by Gasteiger charge is 2.31. The molecule has 2 heterocycles. The van der Waals surface area contributed by atoms with Crippen molar-refractivity contribution in [2.45, 2.75) is 11.6 Å². The van der Waals surface area contributed by atoms with Crippen LogP contribution in [-0.4, -0.2) is 33.4 Å². The van der Waals surface area contributed by atoms with Gasteiger partial charge in [-0.15, -0.1) is 0 Å². The Morgan fingerprint density at radius 2 is 2.53 bits per heavy atom. The lowest BCUT2D eigenvalue weighted by atomic mass is 10.2. The van der Waals surface area contributed by atoms with E-state index in [1.807, 2.05) is 6.26 Å². The molecule has 1 amide bonds. The highest BCUT2D eigenvalue weighted by atomic mass is 79.9. The molecule has 0 aromatic carbocycles. The van der Waals surface area contributed by atoms with Crippen LogP contribution in [0.1, 0.15) is 6.42 Å². The van der Waals surface area contributed by atoms with Crippen LogP contribution in [0, 0.1) is 5.92 Å². The SMILES string of the molecule is CSc1nsc(N2CC(CBr)CC2=O)n1. The van der Waals surface area contributed by atoms with Gasteiger partial charge >= 0.3 is 0 Å². The lowest BCUT2D eigenvalue weighted by Crippen LogP contribution is -2.24. The molecule has 1 fully saturated rings. The Morgan fingerprint density at radius 3 is 3.07 bits per heavy atom. The Bertz CT molecular complexity index is 371. The Hall–Kier alpha value is -0.140. The fourth-order valence-corrected chi connectivity index (χ4v) is 3.15. The van der Waals surface area contributed by atoms with Gasteiger partial charge in [-0.25, -0.2) is 0 Å². The van der Waals surface area contributed by atoms with Crippen LogP contribution in [0.5, 0.6) is 0 Å². The number of hydrogen-bond donors (Lipinski definition) is 0. The third kappa shape index (κ3) is 2.34. The summed E-state index contributed by atoms with van der Waals surface area (Å²) in [5, 5.41) is 2.33. The second kappa shape index (κ2) is 4.80. The van der Waals surface area contributed by atoms with Gasteiger partial charge < -0.3 is 0 Å². The molecule has 0 N–H and O–H groups in total. The molecule has 1 atom stereocenters. The lowest BCUT2D eigenvalue weighted by molar-refractivity contribution is -0.117. The number of carbonyl (C=O) groups excluding carboxylic acids is 1. The molecule has 15 heavy (non-hydrogen) atoms. The molecular formula is C8H10BrN3OS2. The maximum atomic E-state index is 11.7. The van der Waals surface area contributed by atoms with Crippen LogP contribution in [0.15, 0.2) is 5.16 Å². The highest BCUT2D eigenvalue weighted by molar-refractivity contribution is 9.09. The lowest BCUT2D eigenvalue weighted by Gasteiger charge is -2.10. The van der Waals surface area contributed by atoms with Crippen molar-refractivity contribution >= 4 is 50.3 Å². The maximum absolute atomic E-state index is 11.7. The van der Waals surface area contributed by atoms with E-state index in [2.05, 4.69) is 25.3 Å². The van der Waals surface area contributed by atoms with Crippen LogP contribution in [0.25, 0.3) is 0 Å².